The first-order chi connectivity index (χ1) is 6.57. The minimum Gasteiger partial charge on any atom is -0.492 e. The van der Waals surface area contributed by atoms with E-state index in [4.69, 9.17) is 10.5 Å². The van der Waals surface area contributed by atoms with Crippen molar-refractivity contribution in [3.05, 3.63) is 28.0 Å². The van der Waals surface area contributed by atoms with E-state index in [2.05, 4.69) is 15.9 Å². The molecule has 0 spiro atoms. The molecule has 76 valence electrons. The van der Waals surface area contributed by atoms with Crippen molar-refractivity contribution in [2.24, 2.45) is 5.73 Å². The van der Waals surface area contributed by atoms with Gasteiger partial charge in [0.25, 0.3) is 0 Å². The molecule has 0 bridgehead atoms. The molecule has 2 rings (SSSR count). The molecule has 0 aromatic heterocycles. The Morgan fingerprint density at radius 1 is 1.50 bits per heavy atom. The summed E-state index contributed by atoms with van der Waals surface area (Å²) in [6, 6.07) is 3.28. The number of ether oxygens (including phenoxy) is 1. The first kappa shape index (κ1) is 9.93. The van der Waals surface area contributed by atoms with E-state index in [1.165, 1.54) is 13.2 Å². The predicted molar refractivity (Wildman–Crippen MR) is 55.8 cm³/mol. The number of hydrogen-bond acceptors (Lipinski definition) is 2. The standard InChI is InChI=1S/C10H11BrFNO/c1-14-9-7(11)4-6(5-8(9)12)10(13)2-3-10/h4-5H,2-3,13H2,1H3. The lowest BCUT2D eigenvalue weighted by Crippen LogP contribution is -2.18. The van der Waals surface area contributed by atoms with Crippen LogP contribution in [-0.4, -0.2) is 7.11 Å². The topological polar surface area (TPSA) is 35.2 Å². The summed E-state index contributed by atoms with van der Waals surface area (Å²) < 4.78 is 19.0. The van der Waals surface area contributed by atoms with Crippen LogP contribution in [0, 0.1) is 5.82 Å². The molecule has 0 heterocycles. The second-order valence-electron chi connectivity index (χ2n) is 3.63. The first-order valence-electron chi connectivity index (χ1n) is 4.39. The van der Waals surface area contributed by atoms with Gasteiger partial charge in [-0.15, -0.1) is 0 Å². The lowest BCUT2D eigenvalue weighted by molar-refractivity contribution is 0.383. The Hall–Kier alpha value is -0.610. The van der Waals surface area contributed by atoms with Crippen LogP contribution in [0.1, 0.15) is 18.4 Å². The highest BCUT2D eigenvalue weighted by Crippen LogP contribution is 2.45. The highest BCUT2D eigenvalue weighted by atomic mass is 79.9. The predicted octanol–water partition coefficient (Wildman–Crippen LogP) is 2.54. The van der Waals surface area contributed by atoms with E-state index in [9.17, 15) is 4.39 Å². The van der Waals surface area contributed by atoms with E-state index in [-0.39, 0.29) is 17.1 Å². The molecule has 1 aromatic carbocycles. The normalized spacial score (nSPS) is 18.0. The van der Waals surface area contributed by atoms with Gasteiger partial charge in [-0.05, 0) is 46.5 Å². The maximum absolute atomic E-state index is 13.5. The summed E-state index contributed by atoms with van der Waals surface area (Å²) in [6.07, 6.45) is 1.84. The summed E-state index contributed by atoms with van der Waals surface area (Å²) >= 11 is 3.26. The average Bonchev–Trinajstić information content (AvgIpc) is 2.84. The molecule has 0 amide bonds. The smallest absolute Gasteiger partial charge is 0.168 e. The maximum atomic E-state index is 13.5. The van der Waals surface area contributed by atoms with Gasteiger partial charge in [0.1, 0.15) is 0 Å². The molecule has 0 unspecified atom stereocenters. The summed E-state index contributed by atoms with van der Waals surface area (Å²) in [5.74, 6) is -0.133. The van der Waals surface area contributed by atoms with Gasteiger partial charge in [-0.25, -0.2) is 4.39 Å². The van der Waals surface area contributed by atoms with Gasteiger partial charge in [0, 0.05) is 5.54 Å². The summed E-state index contributed by atoms with van der Waals surface area (Å²) in [4.78, 5) is 0. The van der Waals surface area contributed by atoms with Gasteiger partial charge in [-0.2, -0.15) is 0 Å². The Labute approximate surface area is 90.4 Å². The summed E-state index contributed by atoms with van der Waals surface area (Å²) in [6.45, 7) is 0. The lowest BCUT2D eigenvalue weighted by atomic mass is 10.1. The highest BCUT2D eigenvalue weighted by molar-refractivity contribution is 9.10. The van der Waals surface area contributed by atoms with Crippen LogP contribution in [0.5, 0.6) is 5.75 Å². The van der Waals surface area contributed by atoms with Crippen molar-refractivity contribution < 1.29 is 9.13 Å². The molecule has 1 aliphatic rings. The molecule has 2 nitrogen and oxygen atoms in total. The van der Waals surface area contributed by atoms with Crippen molar-refractivity contribution in [1.82, 2.24) is 0 Å². The van der Waals surface area contributed by atoms with E-state index >= 15 is 0 Å². The van der Waals surface area contributed by atoms with Crippen molar-refractivity contribution in [2.45, 2.75) is 18.4 Å². The molecule has 0 radical (unpaired) electrons. The van der Waals surface area contributed by atoms with Crippen molar-refractivity contribution in [3.8, 4) is 5.75 Å². The van der Waals surface area contributed by atoms with Gasteiger partial charge in [0.05, 0.1) is 11.6 Å². The third-order valence-corrected chi connectivity index (χ3v) is 3.16. The zero-order valence-electron chi connectivity index (χ0n) is 7.81. The zero-order chi connectivity index (χ0) is 10.3. The third-order valence-electron chi connectivity index (χ3n) is 2.57. The number of rotatable bonds is 2. The molecule has 1 aliphatic carbocycles. The van der Waals surface area contributed by atoms with Crippen molar-refractivity contribution >= 4 is 15.9 Å². The number of benzene rings is 1. The quantitative estimate of drug-likeness (QED) is 0.886. The monoisotopic (exact) mass is 259 g/mol. The Morgan fingerprint density at radius 3 is 2.57 bits per heavy atom. The maximum Gasteiger partial charge on any atom is 0.168 e. The first-order valence-corrected chi connectivity index (χ1v) is 5.18. The Kier molecular flexibility index (Phi) is 2.27. The van der Waals surface area contributed by atoms with Gasteiger partial charge in [-0.3, -0.25) is 0 Å². The van der Waals surface area contributed by atoms with Crippen molar-refractivity contribution in [3.63, 3.8) is 0 Å². The number of hydrogen-bond donors (Lipinski definition) is 1. The fraction of sp³-hybridized carbons (Fsp3) is 0.400. The van der Waals surface area contributed by atoms with Crippen LogP contribution in [-0.2, 0) is 5.54 Å². The number of nitrogens with two attached hydrogens (primary N) is 1. The molecule has 0 saturated heterocycles. The summed E-state index contributed by atoms with van der Waals surface area (Å²) in [5.41, 5.74) is 6.49. The second kappa shape index (κ2) is 3.21. The van der Waals surface area contributed by atoms with E-state index in [0.29, 0.717) is 4.47 Å². The largest absolute Gasteiger partial charge is 0.492 e. The van der Waals surface area contributed by atoms with E-state index < -0.39 is 0 Å². The SMILES string of the molecule is COc1c(F)cc(C2(N)CC2)cc1Br. The molecule has 1 saturated carbocycles. The van der Waals surface area contributed by atoms with Crippen LogP contribution < -0.4 is 10.5 Å². The molecule has 0 aliphatic heterocycles. The summed E-state index contributed by atoms with van der Waals surface area (Å²) in [5, 5.41) is 0. The molecule has 14 heavy (non-hydrogen) atoms. The molecule has 4 heteroatoms. The van der Waals surface area contributed by atoms with Crippen molar-refractivity contribution in [2.75, 3.05) is 7.11 Å². The molecular formula is C10H11BrFNO. The number of halogens is 2. The Morgan fingerprint density at radius 2 is 2.14 bits per heavy atom. The molecular weight excluding hydrogens is 249 g/mol. The lowest BCUT2D eigenvalue weighted by Gasteiger charge is -2.12. The van der Waals surface area contributed by atoms with Crippen LogP contribution in [0.15, 0.2) is 16.6 Å². The zero-order valence-corrected chi connectivity index (χ0v) is 9.40. The van der Waals surface area contributed by atoms with Gasteiger partial charge in [-0.1, -0.05) is 0 Å². The number of methoxy groups -OCH3 is 1. The van der Waals surface area contributed by atoms with Crippen LogP contribution in [0.3, 0.4) is 0 Å². The van der Waals surface area contributed by atoms with Crippen LogP contribution in [0.25, 0.3) is 0 Å². The Bertz CT molecular complexity index is 353. The minimum absolute atomic E-state index is 0.234. The van der Waals surface area contributed by atoms with Gasteiger partial charge in [0.2, 0.25) is 0 Å². The summed E-state index contributed by atoms with van der Waals surface area (Å²) in [7, 11) is 1.44. The molecule has 1 aromatic rings. The Balaban J connectivity index is 2.47. The average molecular weight is 260 g/mol. The molecule has 1 fully saturated rings. The highest BCUT2D eigenvalue weighted by Gasteiger charge is 2.40. The van der Waals surface area contributed by atoms with Gasteiger partial charge < -0.3 is 10.5 Å². The van der Waals surface area contributed by atoms with Gasteiger partial charge in [0.15, 0.2) is 11.6 Å². The van der Waals surface area contributed by atoms with Crippen LogP contribution >= 0.6 is 15.9 Å². The van der Waals surface area contributed by atoms with E-state index in [1.807, 2.05) is 6.07 Å². The fourth-order valence-electron chi connectivity index (χ4n) is 1.47. The second-order valence-corrected chi connectivity index (χ2v) is 4.48. The van der Waals surface area contributed by atoms with Crippen LogP contribution in [0.4, 0.5) is 4.39 Å². The fourth-order valence-corrected chi connectivity index (χ4v) is 2.06. The van der Waals surface area contributed by atoms with E-state index in [1.54, 1.807) is 0 Å². The van der Waals surface area contributed by atoms with Crippen LogP contribution in [0.2, 0.25) is 0 Å². The molecule has 2 N–H and O–H groups in total. The minimum atomic E-state index is -0.367. The van der Waals surface area contributed by atoms with Gasteiger partial charge >= 0.3 is 0 Å². The third kappa shape index (κ3) is 1.53. The molecule has 0 atom stereocenters. The van der Waals surface area contributed by atoms with E-state index in [0.717, 1.165) is 18.4 Å². The van der Waals surface area contributed by atoms with Crippen molar-refractivity contribution in [1.29, 1.82) is 0 Å².